The van der Waals surface area contributed by atoms with Crippen molar-refractivity contribution in [1.29, 1.82) is 0 Å². The van der Waals surface area contributed by atoms with Crippen molar-refractivity contribution in [1.82, 2.24) is 4.90 Å². The third-order valence-electron chi connectivity index (χ3n) is 4.69. The Kier molecular flexibility index (Phi) is 9.97. The molecule has 0 aliphatic carbocycles. The third-order valence-corrected chi connectivity index (χ3v) is 4.69. The summed E-state index contributed by atoms with van der Waals surface area (Å²) in [4.78, 5) is 15.7. The minimum absolute atomic E-state index is 0. The summed E-state index contributed by atoms with van der Waals surface area (Å²) in [6.07, 6.45) is 0. The van der Waals surface area contributed by atoms with E-state index in [9.17, 15) is 4.79 Å². The highest BCUT2D eigenvalue weighted by molar-refractivity contribution is 5.85. The van der Waals surface area contributed by atoms with Gasteiger partial charge in [-0.3, -0.25) is 4.79 Å². The van der Waals surface area contributed by atoms with Gasteiger partial charge in [0.1, 0.15) is 5.75 Å². The Bertz CT molecular complexity index is 715. The molecule has 1 aliphatic rings. The summed E-state index contributed by atoms with van der Waals surface area (Å²) in [7, 11) is 0. The van der Waals surface area contributed by atoms with E-state index < -0.39 is 0 Å². The van der Waals surface area contributed by atoms with Crippen molar-refractivity contribution in [2.45, 2.75) is 20.4 Å². The molecule has 0 aromatic heterocycles. The summed E-state index contributed by atoms with van der Waals surface area (Å²) in [5.41, 5.74) is 3.53. The fourth-order valence-electron chi connectivity index (χ4n) is 3.14. The van der Waals surface area contributed by atoms with E-state index in [1.54, 1.807) is 6.92 Å². The van der Waals surface area contributed by atoms with Gasteiger partial charge in [-0.05, 0) is 48.9 Å². The third kappa shape index (κ3) is 6.50. The molecule has 1 aliphatic heterocycles. The number of nitrogens with one attached hydrogen (secondary N) is 1. The topological polar surface area (TPSA) is 44.8 Å². The van der Waals surface area contributed by atoms with E-state index in [1.807, 2.05) is 24.0 Å². The molecule has 1 amide bonds. The molecule has 2 aromatic rings. The van der Waals surface area contributed by atoms with Crippen molar-refractivity contribution < 1.29 is 9.53 Å². The summed E-state index contributed by atoms with van der Waals surface area (Å²) < 4.78 is 5.47. The first-order valence-corrected chi connectivity index (χ1v) is 9.22. The van der Waals surface area contributed by atoms with Gasteiger partial charge in [0.15, 0.2) is 0 Å². The molecule has 0 saturated carbocycles. The van der Waals surface area contributed by atoms with Gasteiger partial charge in [0.25, 0.3) is 0 Å². The lowest BCUT2D eigenvalue weighted by atomic mass is 10.2. The van der Waals surface area contributed by atoms with Gasteiger partial charge in [-0.25, -0.2) is 0 Å². The van der Waals surface area contributed by atoms with E-state index in [0.717, 1.165) is 44.2 Å². The lowest BCUT2D eigenvalue weighted by Gasteiger charge is -2.35. The van der Waals surface area contributed by atoms with Crippen LogP contribution in [0.5, 0.6) is 5.75 Å². The monoisotopic (exact) mass is 425 g/mol. The van der Waals surface area contributed by atoms with Crippen LogP contribution < -0.4 is 15.0 Å². The second-order valence-electron chi connectivity index (χ2n) is 6.47. The zero-order valence-corrected chi connectivity index (χ0v) is 18.0. The largest absolute Gasteiger partial charge is 0.494 e. The molecule has 7 heteroatoms. The van der Waals surface area contributed by atoms with Crippen LogP contribution in [-0.2, 0) is 11.3 Å². The first kappa shape index (κ1) is 23.9. The first-order valence-electron chi connectivity index (χ1n) is 9.22. The van der Waals surface area contributed by atoms with Gasteiger partial charge in [0.2, 0.25) is 5.91 Å². The van der Waals surface area contributed by atoms with Gasteiger partial charge in [-0.1, -0.05) is 12.1 Å². The smallest absolute Gasteiger partial charge is 0.219 e. The highest BCUT2D eigenvalue weighted by Crippen LogP contribution is 2.20. The van der Waals surface area contributed by atoms with E-state index >= 15 is 0 Å². The molecule has 0 bridgehead atoms. The lowest BCUT2D eigenvalue weighted by molar-refractivity contribution is -0.129. The highest BCUT2D eigenvalue weighted by Gasteiger charge is 2.18. The fourth-order valence-corrected chi connectivity index (χ4v) is 3.14. The normalized spacial score (nSPS) is 13.2. The Morgan fingerprint density at radius 2 is 1.57 bits per heavy atom. The van der Waals surface area contributed by atoms with Crippen LogP contribution in [0.4, 0.5) is 11.4 Å². The van der Waals surface area contributed by atoms with E-state index in [1.165, 1.54) is 11.3 Å². The van der Waals surface area contributed by atoms with Gasteiger partial charge in [0, 0.05) is 51.0 Å². The van der Waals surface area contributed by atoms with Crippen molar-refractivity contribution in [3.63, 3.8) is 0 Å². The maximum absolute atomic E-state index is 11.4. The van der Waals surface area contributed by atoms with E-state index in [-0.39, 0.29) is 30.7 Å². The maximum atomic E-state index is 11.4. The summed E-state index contributed by atoms with van der Waals surface area (Å²) >= 11 is 0. The number of nitrogens with zero attached hydrogens (tertiary/aromatic N) is 2. The molecule has 0 atom stereocenters. The van der Waals surface area contributed by atoms with Crippen molar-refractivity contribution >= 4 is 42.1 Å². The highest BCUT2D eigenvalue weighted by atomic mass is 35.5. The van der Waals surface area contributed by atoms with Gasteiger partial charge < -0.3 is 19.9 Å². The molecule has 1 fully saturated rings. The Labute approximate surface area is 179 Å². The molecule has 5 nitrogen and oxygen atoms in total. The van der Waals surface area contributed by atoms with E-state index in [4.69, 9.17) is 4.74 Å². The predicted octanol–water partition coefficient (Wildman–Crippen LogP) is 4.21. The number of benzene rings is 2. The summed E-state index contributed by atoms with van der Waals surface area (Å²) in [5, 5.41) is 3.45. The predicted molar refractivity (Wildman–Crippen MR) is 120 cm³/mol. The molecule has 2 aromatic carbocycles. The van der Waals surface area contributed by atoms with Crippen LogP contribution >= 0.6 is 24.8 Å². The number of hydrogen-bond donors (Lipinski definition) is 1. The molecular weight excluding hydrogens is 397 g/mol. The maximum Gasteiger partial charge on any atom is 0.219 e. The minimum atomic E-state index is 0. The number of rotatable bonds is 6. The van der Waals surface area contributed by atoms with E-state index in [2.05, 4.69) is 46.6 Å². The minimum Gasteiger partial charge on any atom is -0.494 e. The van der Waals surface area contributed by atoms with Crippen LogP contribution in [0, 0.1) is 0 Å². The Morgan fingerprint density at radius 1 is 0.964 bits per heavy atom. The number of halogens is 2. The second-order valence-corrected chi connectivity index (χ2v) is 6.47. The molecule has 154 valence electrons. The molecule has 0 spiro atoms. The quantitative estimate of drug-likeness (QED) is 0.752. The number of piperazine rings is 1. The standard InChI is InChI=1S/C21H27N3O2.2ClH/c1-3-26-21-10-4-18(5-11-21)16-22-19-6-8-20(9-7-19)24-14-12-23(13-15-24)17(2)25;;/h4-11,22H,3,12-16H2,1-2H3;2*1H. The lowest BCUT2D eigenvalue weighted by Crippen LogP contribution is -2.48. The van der Waals surface area contributed by atoms with Crippen LogP contribution in [-0.4, -0.2) is 43.6 Å². The second kappa shape index (κ2) is 11.7. The van der Waals surface area contributed by atoms with Gasteiger partial charge in [0.05, 0.1) is 6.61 Å². The van der Waals surface area contributed by atoms with Crippen LogP contribution in [0.15, 0.2) is 48.5 Å². The summed E-state index contributed by atoms with van der Waals surface area (Å²) in [6, 6.07) is 16.7. The van der Waals surface area contributed by atoms with E-state index in [0.29, 0.717) is 6.61 Å². The van der Waals surface area contributed by atoms with Crippen LogP contribution in [0.3, 0.4) is 0 Å². The number of carbonyl (C=O) groups is 1. The van der Waals surface area contributed by atoms with Crippen molar-refractivity contribution in [2.75, 3.05) is 43.0 Å². The zero-order chi connectivity index (χ0) is 18.4. The van der Waals surface area contributed by atoms with Gasteiger partial charge >= 0.3 is 0 Å². The van der Waals surface area contributed by atoms with Crippen LogP contribution in [0.1, 0.15) is 19.4 Å². The molecule has 0 unspecified atom stereocenters. The Hall–Kier alpha value is -2.11. The van der Waals surface area contributed by atoms with Crippen molar-refractivity contribution in [2.24, 2.45) is 0 Å². The van der Waals surface area contributed by atoms with Crippen LogP contribution in [0.2, 0.25) is 0 Å². The molecule has 1 N–H and O–H groups in total. The number of hydrogen-bond acceptors (Lipinski definition) is 4. The molecule has 3 rings (SSSR count). The Morgan fingerprint density at radius 3 is 2.11 bits per heavy atom. The molecule has 1 heterocycles. The molecule has 0 radical (unpaired) electrons. The van der Waals surface area contributed by atoms with Crippen molar-refractivity contribution in [3.05, 3.63) is 54.1 Å². The summed E-state index contributed by atoms with van der Waals surface area (Å²) in [6.45, 7) is 8.47. The van der Waals surface area contributed by atoms with Gasteiger partial charge in [-0.2, -0.15) is 0 Å². The molecular formula is C21H29Cl2N3O2. The van der Waals surface area contributed by atoms with Crippen LogP contribution in [0.25, 0.3) is 0 Å². The SMILES string of the molecule is CCOc1ccc(CNc2ccc(N3CCN(C(C)=O)CC3)cc2)cc1.Cl.Cl. The Balaban J connectivity index is 0.00000196. The molecule has 28 heavy (non-hydrogen) atoms. The van der Waals surface area contributed by atoms with Crippen molar-refractivity contribution in [3.8, 4) is 5.75 Å². The summed E-state index contributed by atoms with van der Waals surface area (Å²) in [5.74, 6) is 1.07. The number of amides is 1. The van der Waals surface area contributed by atoms with Gasteiger partial charge in [-0.15, -0.1) is 24.8 Å². The number of carbonyl (C=O) groups excluding carboxylic acids is 1. The number of anilines is 2. The average molecular weight is 426 g/mol. The fraction of sp³-hybridized carbons (Fsp3) is 0.381. The molecule has 1 saturated heterocycles. The zero-order valence-electron chi connectivity index (χ0n) is 16.4. The number of ether oxygens (including phenoxy) is 1. The average Bonchev–Trinajstić information content (AvgIpc) is 2.68. The first-order chi connectivity index (χ1) is 12.7.